The van der Waals surface area contributed by atoms with Crippen molar-refractivity contribution in [2.45, 2.75) is 25.3 Å². The Kier molecular flexibility index (Phi) is 3.48. The second-order valence-electron chi connectivity index (χ2n) is 4.58. The molecule has 0 radical (unpaired) electrons. The highest BCUT2D eigenvalue weighted by Crippen LogP contribution is 2.28. The normalized spacial score (nSPS) is 19.6. The first kappa shape index (κ1) is 12.6. The van der Waals surface area contributed by atoms with E-state index in [1.54, 1.807) is 6.07 Å². The molecule has 19 heavy (non-hydrogen) atoms. The van der Waals surface area contributed by atoms with E-state index in [0.717, 1.165) is 19.4 Å². The van der Waals surface area contributed by atoms with Crippen molar-refractivity contribution >= 4 is 11.6 Å². The van der Waals surface area contributed by atoms with Crippen molar-refractivity contribution in [2.75, 3.05) is 6.54 Å². The van der Waals surface area contributed by atoms with Crippen LogP contribution >= 0.6 is 11.6 Å². The van der Waals surface area contributed by atoms with Crippen LogP contribution in [0.2, 0.25) is 5.02 Å². The van der Waals surface area contributed by atoms with Crippen molar-refractivity contribution in [3.05, 3.63) is 34.9 Å². The molecule has 3 rings (SSSR count). The molecule has 0 spiro atoms. The van der Waals surface area contributed by atoms with E-state index in [9.17, 15) is 4.39 Å². The number of rotatable bonds is 2. The molecule has 100 valence electrons. The van der Waals surface area contributed by atoms with Crippen LogP contribution in [-0.4, -0.2) is 16.7 Å². The molecule has 1 aliphatic rings. The fourth-order valence-electron chi connectivity index (χ4n) is 2.22. The molecule has 1 aromatic heterocycles. The Morgan fingerprint density at radius 1 is 1.37 bits per heavy atom. The van der Waals surface area contributed by atoms with Crippen LogP contribution in [0.1, 0.15) is 31.2 Å². The molecule has 1 N–H and O–H groups in total. The molecular formula is C13H13ClFN3O. The van der Waals surface area contributed by atoms with Gasteiger partial charge in [0.1, 0.15) is 5.82 Å². The number of hydrogen-bond donors (Lipinski definition) is 1. The summed E-state index contributed by atoms with van der Waals surface area (Å²) in [6.07, 6.45) is 3.30. The standard InChI is InChI=1S/C13H13ClFN3O/c14-10-7-8(15)4-5-9(10)12-17-13(19-18-12)11-3-1-2-6-16-11/h4-5,7,11,16H,1-3,6H2/t11-/m0/s1. The van der Waals surface area contributed by atoms with E-state index in [0.29, 0.717) is 17.3 Å². The summed E-state index contributed by atoms with van der Waals surface area (Å²) in [4.78, 5) is 4.35. The van der Waals surface area contributed by atoms with Gasteiger partial charge in [0.2, 0.25) is 11.7 Å². The molecule has 1 atom stereocenters. The van der Waals surface area contributed by atoms with Gasteiger partial charge in [-0.3, -0.25) is 0 Å². The first-order chi connectivity index (χ1) is 9.24. The Morgan fingerprint density at radius 2 is 2.26 bits per heavy atom. The summed E-state index contributed by atoms with van der Waals surface area (Å²) in [7, 11) is 0. The smallest absolute Gasteiger partial charge is 0.244 e. The summed E-state index contributed by atoms with van der Waals surface area (Å²) < 4.78 is 18.3. The highest BCUT2D eigenvalue weighted by atomic mass is 35.5. The van der Waals surface area contributed by atoms with Gasteiger partial charge in [0, 0.05) is 5.56 Å². The van der Waals surface area contributed by atoms with Gasteiger partial charge in [-0.1, -0.05) is 23.2 Å². The summed E-state index contributed by atoms with van der Waals surface area (Å²) in [5.74, 6) is 0.578. The molecule has 4 nitrogen and oxygen atoms in total. The summed E-state index contributed by atoms with van der Waals surface area (Å²) in [6, 6.07) is 4.23. The van der Waals surface area contributed by atoms with Crippen LogP contribution in [0.3, 0.4) is 0 Å². The molecule has 1 saturated heterocycles. The minimum absolute atomic E-state index is 0.106. The zero-order valence-corrected chi connectivity index (χ0v) is 11.0. The highest BCUT2D eigenvalue weighted by molar-refractivity contribution is 6.33. The maximum absolute atomic E-state index is 13.0. The van der Waals surface area contributed by atoms with Gasteiger partial charge in [-0.25, -0.2) is 4.39 Å². The quantitative estimate of drug-likeness (QED) is 0.917. The molecule has 0 unspecified atom stereocenters. The molecular weight excluding hydrogens is 269 g/mol. The minimum Gasteiger partial charge on any atom is -0.337 e. The van der Waals surface area contributed by atoms with Gasteiger partial charge in [0.15, 0.2) is 0 Å². The van der Waals surface area contributed by atoms with E-state index in [1.807, 2.05) is 0 Å². The molecule has 0 bridgehead atoms. The Hall–Kier alpha value is -1.46. The topological polar surface area (TPSA) is 51.0 Å². The Morgan fingerprint density at radius 3 is 3.00 bits per heavy atom. The van der Waals surface area contributed by atoms with Gasteiger partial charge < -0.3 is 9.84 Å². The summed E-state index contributed by atoms with van der Waals surface area (Å²) in [6.45, 7) is 0.958. The lowest BCUT2D eigenvalue weighted by Crippen LogP contribution is -2.26. The Labute approximate surface area is 115 Å². The summed E-state index contributed by atoms with van der Waals surface area (Å²) in [5, 5.41) is 7.54. The van der Waals surface area contributed by atoms with Gasteiger partial charge in [-0.2, -0.15) is 4.98 Å². The molecule has 0 saturated carbocycles. The lowest BCUT2D eigenvalue weighted by molar-refractivity contribution is 0.297. The van der Waals surface area contributed by atoms with Crippen molar-refractivity contribution in [3.63, 3.8) is 0 Å². The first-order valence-corrected chi connectivity index (χ1v) is 6.64. The number of aromatic nitrogens is 2. The predicted octanol–water partition coefficient (Wildman–Crippen LogP) is 3.34. The first-order valence-electron chi connectivity index (χ1n) is 6.26. The molecule has 2 heterocycles. The second kappa shape index (κ2) is 5.27. The average molecular weight is 282 g/mol. The van der Waals surface area contributed by atoms with Crippen molar-refractivity contribution < 1.29 is 8.91 Å². The fourth-order valence-corrected chi connectivity index (χ4v) is 2.47. The third-order valence-corrected chi connectivity index (χ3v) is 3.53. The minimum atomic E-state index is -0.383. The van der Waals surface area contributed by atoms with E-state index in [2.05, 4.69) is 15.5 Å². The number of halogens is 2. The Bertz CT molecular complexity index is 581. The van der Waals surface area contributed by atoms with Crippen LogP contribution in [0.15, 0.2) is 22.7 Å². The van der Waals surface area contributed by atoms with Gasteiger partial charge in [-0.15, -0.1) is 0 Å². The van der Waals surface area contributed by atoms with Crippen LogP contribution in [-0.2, 0) is 0 Å². The highest BCUT2D eigenvalue weighted by Gasteiger charge is 2.22. The number of benzene rings is 1. The van der Waals surface area contributed by atoms with Crippen molar-refractivity contribution in [2.24, 2.45) is 0 Å². The van der Waals surface area contributed by atoms with Crippen molar-refractivity contribution in [1.29, 1.82) is 0 Å². The van der Waals surface area contributed by atoms with Crippen LogP contribution in [0.5, 0.6) is 0 Å². The van der Waals surface area contributed by atoms with E-state index >= 15 is 0 Å². The summed E-state index contributed by atoms with van der Waals surface area (Å²) >= 11 is 5.98. The largest absolute Gasteiger partial charge is 0.337 e. The number of hydrogen-bond acceptors (Lipinski definition) is 4. The lowest BCUT2D eigenvalue weighted by atomic mass is 10.1. The second-order valence-corrected chi connectivity index (χ2v) is 4.99. The fraction of sp³-hybridized carbons (Fsp3) is 0.385. The molecule has 6 heteroatoms. The third-order valence-electron chi connectivity index (χ3n) is 3.22. The van der Waals surface area contributed by atoms with Crippen molar-refractivity contribution in [1.82, 2.24) is 15.5 Å². The maximum Gasteiger partial charge on any atom is 0.244 e. The van der Waals surface area contributed by atoms with Crippen LogP contribution in [0.4, 0.5) is 4.39 Å². The summed E-state index contributed by atoms with van der Waals surface area (Å²) in [5.41, 5.74) is 0.578. The van der Waals surface area contributed by atoms with Gasteiger partial charge in [0.05, 0.1) is 11.1 Å². The lowest BCUT2D eigenvalue weighted by Gasteiger charge is -2.19. The van der Waals surface area contributed by atoms with E-state index in [-0.39, 0.29) is 16.9 Å². The molecule has 1 aliphatic heterocycles. The number of nitrogens with one attached hydrogen (secondary N) is 1. The SMILES string of the molecule is Fc1ccc(-c2noc([C@@H]3CCCCN3)n2)c(Cl)c1. The average Bonchev–Trinajstić information content (AvgIpc) is 2.89. The van der Waals surface area contributed by atoms with Crippen LogP contribution in [0, 0.1) is 5.82 Å². The maximum atomic E-state index is 13.0. The van der Waals surface area contributed by atoms with Gasteiger partial charge >= 0.3 is 0 Å². The monoisotopic (exact) mass is 281 g/mol. The van der Waals surface area contributed by atoms with E-state index in [4.69, 9.17) is 16.1 Å². The van der Waals surface area contributed by atoms with Crippen molar-refractivity contribution in [3.8, 4) is 11.4 Å². The number of piperidine rings is 1. The number of nitrogens with zero attached hydrogens (tertiary/aromatic N) is 2. The van der Waals surface area contributed by atoms with Crippen LogP contribution < -0.4 is 5.32 Å². The molecule has 1 fully saturated rings. The molecule has 0 aliphatic carbocycles. The van der Waals surface area contributed by atoms with Crippen LogP contribution in [0.25, 0.3) is 11.4 Å². The molecule has 2 aromatic rings. The van der Waals surface area contributed by atoms with E-state index in [1.165, 1.54) is 18.6 Å². The third kappa shape index (κ3) is 2.62. The predicted molar refractivity (Wildman–Crippen MR) is 69.3 cm³/mol. The van der Waals surface area contributed by atoms with Gasteiger partial charge in [0.25, 0.3) is 0 Å². The molecule has 1 aromatic carbocycles. The Balaban J connectivity index is 1.87. The zero-order valence-electron chi connectivity index (χ0n) is 10.2. The van der Waals surface area contributed by atoms with E-state index < -0.39 is 0 Å². The molecule has 0 amide bonds. The zero-order chi connectivity index (χ0) is 13.2. The van der Waals surface area contributed by atoms with Gasteiger partial charge in [-0.05, 0) is 37.6 Å².